The van der Waals surface area contributed by atoms with Crippen LogP contribution < -0.4 is 0 Å². The van der Waals surface area contributed by atoms with Gasteiger partial charge in [-0.15, -0.1) is 0 Å². The van der Waals surface area contributed by atoms with E-state index in [-0.39, 0.29) is 30.9 Å². The molecule has 1 aliphatic carbocycles. The predicted octanol–water partition coefficient (Wildman–Crippen LogP) is 5.04. The number of carbonyl (C=O) groups is 1. The smallest absolute Gasteiger partial charge is 0.392 e. The molecule has 0 aliphatic heterocycles. The summed E-state index contributed by atoms with van der Waals surface area (Å²) in [6.45, 7) is 2.43. The molecule has 0 amide bonds. The van der Waals surface area contributed by atoms with Crippen molar-refractivity contribution in [3.63, 3.8) is 0 Å². The van der Waals surface area contributed by atoms with Crippen LogP contribution >= 0.6 is 0 Å². The van der Waals surface area contributed by atoms with E-state index in [0.29, 0.717) is 5.56 Å². The Morgan fingerprint density at radius 1 is 1.25 bits per heavy atom. The molecule has 24 heavy (non-hydrogen) atoms. The molecule has 0 aromatic heterocycles. The molecule has 0 spiro atoms. The molecule has 0 saturated heterocycles. The molecule has 1 fully saturated rings. The van der Waals surface area contributed by atoms with Gasteiger partial charge < -0.3 is 4.74 Å². The van der Waals surface area contributed by atoms with Crippen molar-refractivity contribution in [3.05, 3.63) is 35.4 Å². The lowest BCUT2D eigenvalue weighted by Gasteiger charge is -2.35. The quantitative estimate of drug-likeness (QED) is 0.549. The fourth-order valence-electron chi connectivity index (χ4n) is 2.92. The highest BCUT2D eigenvalue weighted by molar-refractivity contribution is 5.78. The second-order valence-corrected chi connectivity index (χ2v) is 6.19. The van der Waals surface area contributed by atoms with Crippen LogP contribution in [0.25, 0.3) is 0 Å². The van der Waals surface area contributed by atoms with Crippen molar-refractivity contribution in [2.45, 2.75) is 50.6 Å². The molecule has 1 aliphatic rings. The SMILES string of the molecule is CCOC(=O)C(c1ccc(C2CC(F)(F)C2)cc1)C(C)C(F)(F)F. The van der Waals surface area contributed by atoms with Gasteiger partial charge in [0.2, 0.25) is 5.92 Å². The largest absolute Gasteiger partial charge is 0.466 e. The van der Waals surface area contributed by atoms with Crippen molar-refractivity contribution in [1.29, 1.82) is 0 Å². The summed E-state index contributed by atoms with van der Waals surface area (Å²) in [7, 11) is 0. The van der Waals surface area contributed by atoms with E-state index in [2.05, 4.69) is 0 Å². The van der Waals surface area contributed by atoms with Crippen molar-refractivity contribution in [1.82, 2.24) is 0 Å². The zero-order valence-corrected chi connectivity index (χ0v) is 13.4. The van der Waals surface area contributed by atoms with Gasteiger partial charge in [0.05, 0.1) is 18.4 Å². The number of esters is 1. The number of halogens is 5. The summed E-state index contributed by atoms with van der Waals surface area (Å²) >= 11 is 0. The van der Waals surface area contributed by atoms with Crippen LogP contribution in [0.3, 0.4) is 0 Å². The first-order valence-electron chi connectivity index (χ1n) is 7.76. The zero-order valence-electron chi connectivity index (χ0n) is 13.4. The van der Waals surface area contributed by atoms with Gasteiger partial charge in [-0.3, -0.25) is 4.79 Å². The molecule has 1 aromatic rings. The van der Waals surface area contributed by atoms with Gasteiger partial charge in [-0.05, 0) is 24.0 Å². The predicted molar refractivity (Wildman–Crippen MR) is 78.0 cm³/mol. The maximum absolute atomic E-state index is 13.1. The fraction of sp³-hybridized carbons (Fsp3) is 0.588. The number of rotatable bonds is 5. The first-order valence-corrected chi connectivity index (χ1v) is 7.76. The van der Waals surface area contributed by atoms with Crippen molar-refractivity contribution in [3.8, 4) is 0 Å². The van der Waals surface area contributed by atoms with Crippen LogP contribution in [0.4, 0.5) is 22.0 Å². The van der Waals surface area contributed by atoms with E-state index in [1.54, 1.807) is 0 Å². The summed E-state index contributed by atoms with van der Waals surface area (Å²) in [5.41, 5.74) is 0.819. The van der Waals surface area contributed by atoms with E-state index in [4.69, 9.17) is 4.74 Å². The molecule has 2 rings (SSSR count). The number of hydrogen-bond acceptors (Lipinski definition) is 2. The Bertz CT molecular complexity index is 572. The Balaban J connectivity index is 2.22. The second-order valence-electron chi connectivity index (χ2n) is 6.19. The molecule has 2 atom stereocenters. The summed E-state index contributed by atoms with van der Waals surface area (Å²) in [5, 5.41) is 0. The van der Waals surface area contributed by atoms with Gasteiger partial charge in [0.15, 0.2) is 0 Å². The zero-order chi connectivity index (χ0) is 18.1. The molecule has 2 nitrogen and oxygen atoms in total. The van der Waals surface area contributed by atoms with E-state index >= 15 is 0 Å². The highest BCUT2D eigenvalue weighted by Gasteiger charge is 2.47. The van der Waals surface area contributed by atoms with Crippen molar-refractivity contribution >= 4 is 5.97 Å². The van der Waals surface area contributed by atoms with Crippen LogP contribution in [0, 0.1) is 5.92 Å². The summed E-state index contributed by atoms with van der Waals surface area (Å²) in [6.07, 6.45) is -5.06. The molecular formula is C17H19F5O2. The molecular weight excluding hydrogens is 331 g/mol. The Morgan fingerprint density at radius 3 is 2.21 bits per heavy atom. The van der Waals surface area contributed by atoms with Gasteiger partial charge in [-0.1, -0.05) is 31.2 Å². The monoisotopic (exact) mass is 350 g/mol. The van der Waals surface area contributed by atoms with Gasteiger partial charge in [-0.25, -0.2) is 8.78 Å². The number of ether oxygens (including phenoxy) is 1. The number of hydrogen-bond donors (Lipinski definition) is 0. The minimum absolute atomic E-state index is 0.0187. The van der Waals surface area contributed by atoms with Gasteiger partial charge in [0.25, 0.3) is 0 Å². The van der Waals surface area contributed by atoms with Crippen LogP contribution in [0.15, 0.2) is 24.3 Å². The van der Waals surface area contributed by atoms with E-state index < -0.39 is 29.9 Å². The lowest BCUT2D eigenvalue weighted by atomic mass is 9.76. The van der Waals surface area contributed by atoms with Crippen molar-refractivity contribution < 1.29 is 31.5 Å². The topological polar surface area (TPSA) is 26.3 Å². The molecule has 134 valence electrons. The lowest BCUT2D eigenvalue weighted by molar-refractivity contribution is -0.185. The number of alkyl halides is 5. The minimum Gasteiger partial charge on any atom is -0.466 e. The third-order valence-corrected chi connectivity index (χ3v) is 4.41. The van der Waals surface area contributed by atoms with Gasteiger partial charge in [0.1, 0.15) is 0 Å². The highest BCUT2D eigenvalue weighted by atomic mass is 19.4. The van der Waals surface area contributed by atoms with E-state index in [1.807, 2.05) is 0 Å². The van der Waals surface area contributed by atoms with Crippen LogP contribution in [0.1, 0.15) is 49.7 Å². The molecule has 1 aromatic carbocycles. The fourth-order valence-corrected chi connectivity index (χ4v) is 2.92. The maximum atomic E-state index is 13.1. The highest BCUT2D eigenvalue weighted by Crippen LogP contribution is 2.48. The number of benzene rings is 1. The molecule has 0 N–H and O–H groups in total. The summed E-state index contributed by atoms with van der Waals surface area (Å²) in [4.78, 5) is 12.0. The molecule has 0 bridgehead atoms. The first-order chi connectivity index (χ1) is 11.0. The third-order valence-electron chi connectivity index (χ3n) is 4.41. The molecule has 1 saturated carbocycles. The van der Waals surface area contributed by atoms with Gasteiger partial charge >= 0.3 is 12.1 Å². The van der Waals surface area contributed by atoms with Crippen LogP contribution in [0.5, 0.6) is 0 Å². The molecule has 0 heterocycles. The maximum Gasteiger partial charge on any atom is 0.392 e. The van der Waals surface area contributed by atoms with Gasteiger partial charge in [-0.2, -0.15) is 13.2 Å². The average Bonchev–Trinajstić information content (AvgIpc) is 2.45. The Kier molecular flexibility index (Phi) is 5.20. The molecule has 0 radical (unpaired) electrons. The standard InChI is InChI=1S/C17H19F5O2/c1-3-24-15(23)14(10(2)17(20,21)22)12-6-4-11(5-7-12)13-8-16(18,19)9-13/h4-7,10,13-14H,3,8-9H2,1-2H3. The third kappa shape index (κ3) is 4.05. The Hall–Kier alpha value is -1.66. The second kappa shape index (κ2) is 6.69. The first kappa shape index (κ1) is 18.7. The van der Waals surface area contributed by atoms with E-state index in [1.165, 1.54) is 31.2 Å². The summed E-state index contributed by atoms with van der Waals surface area (Å²) in [5.74, 6) is -7.28. The number of carbonyl (C=O) groups excluding carboxylic acids is 1. The molecule has 7 heteroatoms. The minimum atomic E-state index is -4.55. The van der Waals surface area contributed by atoms with Gasteiger partial charge in [0, 0.05) is 12.8 Å². The average molecular weight is 350 g/mol. The van der Waals surface area contributed by atoms with Crippen molar-refractivity contribution in [2.75, 3.05) is 6.61 Å². The molecule has 2 unspecified atom stereocenters. The summed E-state index contributed by atoms with van der Waals surface area (Å²) < 4.78 is 69.8. The lowest BCUT2D eigenvalue weighted by Crippen LogP contribution is -2.34. The Morgan fingerprint density at radius 2 is 1.79 bits per heavy atom. The normalized spacial score (nSPS) is 20.1. The summed E-state index contributed by atoms with van der Waals surface area (Å²) in [6, 6.07) is 5.83. The van der Waals surface area contributed by atoms with E-state index in [9.17, 15) is 26.7 Å². The van der Waals surface area contributed by atoms with Crippen LogP contribution in [-0.4, -0.2) is 24.7 Å². The van der Waals surface area contributed by atoms with Crippen LogP contribution in [0.2, 0.25) is 0 Å². The van der Waals surface area contributed by atoms with E-state index in [0.717, 1.165) is 6.92 Å². The van der Waals surface area contributed by atoms with Crippen LogP contribution in [-0.2, 0) is 9.53 Å². The Labute approximate surface area is 137 Å². The van der Waals surface area contributed by atoms with Crippen molar-refractivity contribution in [2.24, 2.45) is 5.92 Å².